The maximum atomic E-state index is 13.1. The number of aryl methyl sites for hydroxylation is 1. The molecule has 1 saturated carbocycles. The van der Waals surface area contributed by atoms with Gasteiger partial charge in [-0.05, 0) is 83.7 Å². The predicted octanol–water partition coefficient (Wildman–Crippen LogP) is 9.92. The van der Waals surface area contributed by atoms with Crippen molar-refractivity contribution in [2.75, 3.05) is 7.11 Å². The van der Waals surface area contributed by atoms with Crippen LogP contribution >= 0.6 is 0 Å². The van der Waals surface area contributed by atoms with Gasteiger partial charge in [-0.15, -0.1) is 0 Å². The van der Waals surface area contributed by atoms with Crippen LogP contribution in [0.1, 0.15) is 109 Å². The number of allylic oxidation sites excluding steroid dienone is 2. The van der Waals surface area contributed by atoms with Gasteiger partial charge in [0.2, 0.25) is 0 Å². The van der Waals surface area contributed by atoms with E-state index >= 15 is 0 Å². The van der Waals surface area contributed by atoms with Gasteiger partial charge in [-0.3, -0.25) is 9.59 Å². The molecule has 1 aliphatic carbocycles. The number of ether oxygens (including phenoxy) is 2. The molecule has 3 atom stereocenters. The van der Waals surface area contributed by atoms with Gasteiger partial charge in [0.15, 0.2) is 0 Å². The first kappa shape index (κ1) is 33.5. The highest BCUT2D eigenvalue weighted by Gasteiger charge is 2.42. The second kappa shape index (κ2) is 15.1. The van der Waals surface area contributed by atoms with Crippen LogP contribution < -0.4 is 4.74 Å². The lowest BCUT2D eigenvalue weighted by Crippen LogP contribution is -2.43. The van der Waals surface area contributed by atoms with E-state index < -0.39 is 0 Å². The minimum Gasteiger partial charge on any atom is -0.496 e. The third kappa shape index (κ3) is 8.40. The van der Waals surface area contributed by atoms with Gasteiger partial charge in [0.1, 0.15) is 24.1 Å². The first-order valence-electron chi connectivity index (χ1n) is 16.5. The van der Waals surface area contributed by atoms with Crippen molar-refractivity contribution in [1.29, 1.82) is 0 Å². The Morgan fingerprint density at radius 1 is 0.977 bits per heavy atom. The molecule has 0 amide bonds. The van der Waals surface area contributed by atoms with Gasteiger partial charge >= 0.3 is 5.97 Å². The molecule has 0 saturated heterocycles. The number of carbonyl (C=O) groups excluding carboxylic acids is 2. The van der Waals surface area contributed by atoms with Crippen molar-refractivity contribution in [3.8, 4) is 5.75 Å². The number of rotatable bonds is 13. The minimum atomic E-state index is -0.382. The number of fused-ring (bicyclic) bond motifs is 1. The van der Waals surface area contributed by atoms with Crippen LogP contribution in [0.3, 0.4) is 0 Å². The molecule has 1 aliphatic rings. The van der Waals surface area contributed by atoms with Crippen molar-refractivity contribution in [2.45, 2.75) is 110 Å². The summed E-state index contributed by atoms with van der Waals surface area (Å²) in [5, 5.41) is 2.46. The molecular formula is C40H52O4. The Morgan fingerprint density at radius 3 is 2.45 bits per heavy atom. The molecule has 3 aromatic rings. The van der Waals surface area contributed by atoms with Crippen LogP contribution in [0.4, 0.5) is 0 Å². The van der Waals surface area contributed by atoms with Crippen LogP contribution in [-0.4, -0.2) is 25.0 Å². The van der Waals surface area contributed by atoms with E-state index in [0.717, 1.165) is 37.9 Å². The van der Waals surface area contributed by atoms with E-state index in [2.05, 4.69) is 108 Å². The number of esters is 1. The minimum absolute atomic E-state index is 0.0525. The molecule has 0 unspecified atom stereocenters. The Bertz CT molecular complexity index is 1460. The van der Waals surface area contributed by atoms with Crippen molar-refractivity contribution >= 4 is 22.5 Å². The van der Waals surface area contributed by atoms with Crippen LogP contribution in [0.5, 0.6) is 5.75 Å². The topological polar surface area (TPSA) is 52.6 Å². The monoisotopic (exact) mass is 596 g/mol. The van der Waals surface area contributed by atoms with Crippen molar-refractivity contribution in [2.24, 2.45) is 11.8 Å². The van der Waals surface area contributed by atoms with E-state index in [1.807, 2.05) is 0 Å². The number of benzene rings is 3. The fourth-order valence-electron chi connectivity index (χ4n) is 6.97. The highest BCUT2D eigenvalue weighted by atomic mass is 16.5. The summed E-state index contributed by atoms with van der Waals surface area (Å²) in [6, 6.07) is 21.5. The Kier molecular flexibility index (Phi) is 11.5. The quantitative estimate of drug-likeness (QED) is 0.112. The summed E-state index contributed by atoms with van der Waals surface area (Å²) in [5.74, 6) is 1.65. The summed E-state index contributed by atoms with van der Waals surface area (Å²) in [6.45, 7) is 13.2. The van der Waals surface area contributed by atoms with E-state index in [-0.39, 0.29) is 35.6 Å². The van der Waals surface area contributed by atoms with Gasteiger partial charge in [-0.25, -0.2) is 0 Å². The number of ketones is 1. The molecule has 0 spiro atoms. The third-order valence-corrected chi connectivity index (χ3v) is 9.76. The van der Waals surface area contributed by atoms with Gasteiger partial charge in [-0.1, -0.05) is 113 Å². The smallest absolute Gasteiger partial charge is 0.313 e. The van der Waals surface area contributed by atoms with Gasteiger partial charge < -0.3 is 9.47 Å². The van der Waals surface area contributed by atoms with Crippen LogP contribution in [0, 0.1) is 11.8 Å². The average molecular weight is 597 g/mol. The lowest BCUT2D eigenvalue weighted by Gasteiger charge is -2.44. The molecule has 0 N–H and O–H groups in total. The molecule has 236 valence electrons. The molecular weight excluding hydrogens is 544 g/mol. The van der Waals surface area contributed by atoms with Crippen LogP contribution in [0.15, 0.2) is 72.3 Å². The SMILES string of the molecule is COc1c(CC/C=C(\C)CCC(=O)CC(=O)O[C@H]2C[C@H](C)CC[C@H]2C(C)(C)c2ccc3ccccc3c2)cccc1C(C)C. The lowest BCUT2D eigenvalue weighted by molar-refractivity contribution is -0.157. The normalized spacial score (nSPS) is 19.3. The molecule has 0 radical (unpaired) electrons. The molecule has 4 nitrogen and oxygen atoms in total. The maximum absolute atomic E-state index is 13.1. The summed E-state index contributed by atoms with van der Waals surface area (Å²) >= 11 is 0. The average Bonchev–Trinajstić information content (AvgIpc) is 2.99. The highest BCUT2D eigenvalue weighted by molar-refractivity contribution is 5.95. The molecule has 0 aromatic heterocycles. The van der Waals surface area contributed by atoms with Crippen molar-refractivity contribution in [3.05, 3.63) is 89.0 Å². The van der Waals surface area contributed by atoms with Crippen molar-refractivity contribution in [1.82, 2.24) is 0 Å². The Balaban J connectivity index is 1.30. The summed E-state index contributed by atoms with van der Waals surface area (Å²) in [5.41, 5.74) is 4.71. The Labute approximate surface area is 265 Å². The molecule has 0 aliphatic heterocycles. The summed E-state index contributed by atoms with van der Waals surface area (Å²) in [6.07, 6.45) is 7.62. The van der Waals surface area contributed by atoms with Crippen LogP contribution in [0.2, 0.25) is 0 Å². The van der Waals surface area contributed by atoms with Gasteiger partial charge in [0.25, 0.3) is 0 Å². The lowest BCUT2D eigenvalue weighted by atomic mass is 9.64. The summed E-state index contributed by atoms with van der Waals surface area (Å²) in [7, 11) is 1.74. The summed E-state index contributed by atoms with van der Waals surface area (Å²) in [4.78, 5) is 25.9. The Morgan fingerprint density at radius 2 is 1.73 bits per heavy atom. The molecule has 1 fully saturated rings. The zero-order valence-electron chi connectivity index (χ0n) is 28.0. The first-order valence-corrected chi connectivity index (χ1v) is 16.5. The van der Waals surface area contributed by atoms with Crippen molar-refractivity contribution < 1.29 is 19.1 Å². The number of carbonyl (C=O) groups is 2. The molecule has 4 rings (SSSR count). The summed E-state index contributed by atoms with van der Waals surface area (Å²) < 4.78 is 11.8. The van der Waals surface area contributed by atoms with Crippen molar-refractivity contribution in [3.63, 3.8) is 0 Å². The number of hydrogen-bond acceptors (Lipinski definition) is 4. The fraction of sp³-hybridized carbons (Fsp3) is 0.500. The van der Waals surface area contributed by atoms with E-state index in [9.17, 15) is 9.59 Å². The second-order valence-corrected chi connectivity index (χ2v) is 13.8. The predicted molar refractivity (Wildman–Crippen MR) is 181 cm³/mol. The molecule has 0 bridgehead atoms. The maximum Gasteiger partial charge on any atom is 0.313 e. The molecule has 44 heavy (non-hydrogen) atoms. The first-order chi connectivity index (χ1) is 21.0. The van der Waals surface area contributed by atoms with E-state index in [0.29, 0.717) is 24.7 Å². The second-order valence-electron chi connectivity index (χ2n) is 13.8. The number of Topliss-reactive ketones (excluding diaryl/α,β-unsaturated/α-hetero) is 1. The fourth-order valence-corrected chi connectivity index (χ4v) is 6.97. The highest BCUT2D eigenvalue weighted by Crippen LogP contribution is 2.44. The number of methoxy groups -OCH3 is 1. The van der Waals surface area contributed by atoms with Crippen LogP contribution in [-0.2, 0) is 26.2 Å². The number of hydrogen-bond donors (Lipinski definition) is 0. The molecule has 3 aromatic carbocycles. The molecule has 4 heteroatoms. The van der Waals surface area contributed by atoms with Gasteiger partial charge in [0, 0.05) is 12.3 Å². The third-order valence-electron chi connectivity index (χ3n) is 9.76. The van der Waals surface area contributed by atoms with E-state index in [4.69, 9.17) is 9.47 Å². The molecule has 0 heterocycles. The standard InChI is InChI=1S/C40H52O4/c1-27(2)35-17-11-16-31(39(35)43-7)15-10-12-28(3)18-22-34(41)26-38(42)44-37-24-29(4)19-23-36(37)40(5,6)33-21-20-30-13-8-9-14-32(30)25-33/h8-9,11-14,16-17,20-21,25,27,29,36-37H,10,15,18-19,22-24,26H2,1-7H3/b28-12+/t29-,36-,37+/m1/s1. The van der Waals surface area contributed by atoms with E-state index in [1.54, 1.807) is 7.11 Å². The largest absolute Gasteiger partial charge is 0.496 e. The van der Waals surface area contributed by atoms with Crippen LogP contribution in [0.25, 0.3) is 10.8 Å². The Hall–Kier alpha value is -3.40. The zero-order valence-corrected chi connectivity index (χ0v) is 28.0. The van der Waals surface area contributed by atoms with Gasteiger partial charge in [0.05, 0.1) is 7.11 Å². The van der Waals surface area contributed by atoms with Gasteiger partial charge in [-0.2, -0.15) is 0 Å². The number of para-hydroxylation sites is 1. The van der Waals surface area contributed by atoms with E-state index in [1.165, 1.54) is 33.0 Å². The zero-order chi connectivity index (χ0) is 31.9.